The number of hydrogen-bond acceptors (Lipinski definition) is 7. The van der Waals surface area contributed by atoms with Gasteiger partial charge in [-0.2, -0.15) is 4.31 Å². The summed E-state index contributed by atoms with van der Waals surface area (Å²) in [5, 5.41) is 9.76. The third kappa shape index (κ3) is 4.96. The SMILES string of the molecule is CC(=O)Nc1ccc(S(=O)(=O)N2CCNC(=O)[C@@H]2CC(=O)Nc2nccs2)cc1. The van der Waals surface area contributed by atoms with Crippen LogP contribution in [0.15, 0.2) is 40.7 Å². The topological polar surface area (TPSA) is 138 Å². The Morgan fingerprint density at radius 2 is 2.00 bits per heavy atom. The van der Waals surface area contributed by atoms with Crippen molar-refractivity contribution in [3.05, 3.63) is 35.8 Å². The zero-order chi connectivity index (χ0) is 21.0. The van der Waals surface area contributed by atoms with Gasteiger partial charge in [0.1, 0.15) is 6.04 Å². The summed E-state index contributed by atoms with van der Waals surface area (Å²) in [7, 11) is -4.03. The lowest BCUT2D eigenvalue weighted by atomic mass is 10.1. The Morgan fingerprint density at radius 1 is 1.28 bits per heavy atom. The minimum absolute atomic E-state index is 0.0355. The number of carbonyl (C=O) groups is 3. The largest absolute Gasteiger partial charge is 0.353 e. The van der Waals surface area contributed by atoms with Crippen molar-refractivity contribution in [3.63, 3.8) is 0 Å². The number of amides is 3. The molecule has 1 aromatic carbocycles. The van der Waals surface area contributed by atoms with Crippen LogP contribution in [-0.4, -0.2) is 54.6 Å². The smallest absolute Gasteiger partial charge is 0.243 e. The summed E-state index contributed by atoms with van der Waals surface area (Å²) >= 11 is 1.22. The van der Waals surface area contributed by atoms with Gasteiger partial charge in [0.15, 0.2) is 5.13 Å². The lowest BCUT2D eigenvalue weighted by Gasteiger charge is -2.33. The van der Waals surface area contributed by atoms with Crippen LogP contribution < -0.4 is 16.0 Å². The predicted octanol–water partition coefficient (Wildman–Crippen LogP) is 0.619. The fraction of sp³-hybridized carbons (Fsp3) is 0.294. The molecule has 1 aliphatic rings. The Labute approximate surface area is 171 Å². The van der Waals surface area contributed by atoms with Crippen molar-refractivity contribution >= 4 is 49.9 Å². The highest BCUT2D eigenvalue weighted by Crippen LogP contribution is 2.23. The Balaban J connectivity index is 1.80. The molecule has 0 spiro atoms. The van der Waals surface area contributed by atoms with Crippen LogP contribution in [0.2, 0.25) is 0 Å². The Bertz CT molecular complexity index is 1010. The summed E-state index contributed by atoms with van der Waals surface area (Å²) in [6, 6.07) is 4.44. The minimum Gasteiger partial charge on any atom is -0.353 e. The van der Waals surface area contributed by atoms with Gasteiger partial charge in [-0.1, -0.05) is 0 Å². The fourth-order valence-electron chi connectivity index (χ4n) is 2.86. The second-order valence-electron chi connectivity index (χ2n) is 6.22. The third-order valence-electron chi connectivity index (χ3n) is 4.12. The number of hydrogen-bond donors (Lipinski definition) is 3. The molecule has 0 aliphatic carbocycles. The number of benzene rings is 1. The molecule has 0 saturated carbocycles. The van der Waals surface area contributed by atoms with E-state index in [1.807, 2.05) is 0 Å². The number of nitrogens with zero attached hydrogens (tertiary/aromatic N) is 2. The van der Waals surface area contributed by atoms with Crippen LogP contribution in [0.3, 0.4) is 0 Å². The lowest BCUT2D eigenvalue weighted by molar-refractivity contribution is -0.130. The van der Waals surface area contributed by atoms with Crippen molar-refractivity contribution in [1.82, 2.24) is 14.6 Å². The van der Waals surface area contributed by atoms with Crippen molar-refractivity contribution in [2.24, 2.45) is 0 Å². The summed E-state index contributed by atoms with van der Waals surface area (Å²) in [5.41, 5.74) is 0.451. The quantitative estimate of drug-likeness (QED) is 0.606. The average molecular weight is 438 g/mol. The summed E-state index contributed by atoms with van der Waals surface area (Å²) in [4.78, 5) is 39.6. The van der Waals surface area contributed by atoms with E-state index in [4.69, 9.17) is 0 Å². The Kier molecular flexibility index (Phi) is 6.25. The highest BCUT2D eigenvalue weighted by Gasteiger charge is 2.39. The number of carbonyl (C=O) groups excluding carboxylic acids is 3. The van der Waals surface area contributed by atoms with E-state index >= 15 is 0 Å². The van der Waals surface area contributed by atoms with Gasteiger partial charge < -0.3 is 16.0 Å². The molecule has 2 heterocycles. The highest BCUT2D eigenvalue weighted by molar-refractivity contribution is 7.89. The van der Waals surface area contributed by atoms with Gasteiger partial charge in [-0.25, -0.2) is 13.4 Å². The van der Waals surface area contributed by atoms with Gasteiger partial charge in [0.05, 0.1) is 11.3 Å². The van der Waals surface area contributed by atoms with E-state index in [1.54, 1.807) is 5.38 Å². The maximum Gasteiger partial charge on any atom is 0.243 e. The van der Waals surface area contributed by atoms with Crippen molar-refractivity contribution < 1.29 is 22.8 Å². The molecule has 0 bridgehead atoms. The second-order valence-corrected chi connectivity index (χ2v) is 9.00. The highest BCUT2D eigenvalue weighted by atomic mass is 32.2. The molecule has 0 radical (unpaired) electrons. The van der Waals surface area contributed by atoms with Gasteiger partial charge in [-0.3, -0.25) is 14.4 Å². The maximum atomic E-state index is 13.1. The summed E-state index contributed by atoms with van der Waals surface area (Å²) in [5.74, 6) is -1.33. The van der Waals surface area contributed by atoms with Gasteiger partial charge in [0, 0.05) is 37.3 Å². The molecule has 12 heteroatoms. The predicted molar refractivity (Wildman–Crippen MR) is 107 cm³/mol. The normalized spacial score (nSPS) is 17.4. The number of anilines is 2. The van der Waals surface area contributed by atoms with Crippen molar-refractivity contribution in [2.75, 3.05) is 23.7 Å². The number of rotatable bonds is 6. The molecule has 10 nitrogen and oxygen atoms in total. The Hall–Kier alpha value is -2.83. The van der Waals surface area contributed by atoms with Crippen LogP contribution in [0.1, 0.15) is 13.3 Å². The monoisotopic (exact) mass is 437 g/mol. The van der Waals surface area contributed by atoms with Gasteiger partial charge >= 0.3 is 0 Å². The molecule has 154 valence electrons. The molecule has 2 aromatic rings. The molecule has 3 amide bonds. The first-order valence-corrected chi connectivity index (χ1v) is 11.0. The second kappa shape index (κ2) is 8.68. The van der Waals surface area contributed by atoms with Crippen molar-refractivity contribution in [3.8, 4) is 0 Å². The van der Waals surface area contributed by atoms with Crippen LogP contribution in [0, 0.1) is 0 Å². The zero-order valence-electron chi connectivity index (χ0n) is 15.4. The summed E-state index contributed by atoms with van der Waals surface area (Å²) in [6.07, 6.45) is 1.18. The number of nitrogens with one attached hydrogen (secondary N) is 3. The molecule has 29 heavy (non-hydrogen) atoms. The van der Waals surface area contributed by atoms with Crippen LogP contribution in [-0.2, 0) is 24.4 Å². The van der Waals surface area contributed by atoms with Crippen LogP contribution in [0.5, 0.6) is 0 Å². The van der Waals surface area contributed by atoms with Gasteiger partial charge in [0.2, 0.25) is 27.7 Å². The Morgan fingerprint density at radius 3 is 2.62 bits per heavy atom. The number of piperazine rings is 1. The van der Waals surface area contributed by atoms with E-state index in [2.05, 4.69) is 20.9 Å². The maximum absolute atomic E-state index is 13.1. The molecule has 3 rings (SSSR count). The first-order valence-electron chi connectivity index (χ1n) is 8.64. The molecule has 1 saturated heterocycles. The molecule has 0 unspecified atom stereocenters. The van der Waals surface area contributed by atoms with E-state index in [0.717, 1.165) is 4.31 Å². The number of sulfonamides is 1. The van der Waals surface area contributed by atoms with Gasteiger partial charge in [-0.15, -0.1) is 11.3 Å². The third-order valence-corrected chi connectivity index (χ3v) is 6.73. The van der Waals surface area contributed by atoms with Gasteiger partial charge in [0.25, 0.3) is 0 Å². The molecule has 3 N–H and O–H groups in total. The average Bonchev–Trinajstić information content (AvgIpc) is 3.16. The van der Waals surface area contributed by atoms with E-state index in [9.17, 15) is 22.8 Å². The van der Waals surface area contributed by atoms with Gasteiger partial charge in [-0.05, 0) is 24.3 Å². The minimum atomic E-state index is -4.03. The lowest BCUT2D eigenvalue weighted by Crippen LogP contribution is -2.57. The molecule has 1 aromatic heterocycles. The number of thiazole rings is 1. The molecule has 1 aliphatic heterocycles. The molecular formula is C17H19N5O5S2. The number of aromatic nitrogens is 1. The van der Waals surface area contributed by atoms with E-state index in [1.165, 1.54) is 48.7 Å². The first kappa shape index (κ1) is 20.9. The fourth-order valence-corrected chi connectivity index (χ4v) is 4.99. The first-order chi connectivity index (χ1) is 13.8. The summed E-state index contributed by atoms with van der Waals surface area (Å²) < 4.78 is 27.2. The van der Waals surface area contributed by atoms with Crippen molar-refractivity contribution in [2.45, 2.75) is 24.3 Å². The van der Waals surface area contributed by atoms with Crippen LogP contribution in [0.4, 0.5) is 10.8 Å². The summed E-state index contributed by atoms with van der Waals surface area (Å²) in [6.45, 7) is 1.53. The van der Waals surface area contributed by atoms with E-state index < -0.39 is 27.9 Å². The van der Waals surface area contributed by atoms with Crippen LogP contribution >= 0.6 is 11.3 Å². The zero-order valence-corrected chi connectivity index (χ0v) is 17.0. The molecule has 1 atom stereocenters. The van der Waals surface area contributed by atoms with E-state index in [-0.39, 0.29) is 30.3 Å². The molecule has 1 fully saturated rings. The van der Waals surface area contributed by atoms with Crippen LogP contribution in [0.25, 0.3) is 0 Å². The van der Waals surface area contributed by atoms with Crippen molar-refractivity contribution in [1.29, 1.82) is 0 Å². The van der Waals surface area contributed by atoms with E-state index in [0.29, 0.717) is 10.8 Å². The standard InChI is InChI=1S/C17H19N5O5S2/c1-11(23)20-12-2-4-13(5-3-12)29(26,27)22-8-6-18-16(25)14(22)10-15(24)21-17-19-7-9-28-17/h2-5,7,9,14H,6,8,10H2,1H3,(H,18,25)(H,20,23)(H,19,21,24)/t14-/m0/s1. The molecular weight excluding hydrogens is 418 g/mol.